The van der Waals surface area contributed by atoms with Crippen LogP contribution in [0.25, 0.3) is 22.4 Å². The number of carbonyl (C=O) groups excluding carboxylic acids is 1. The van der Waals surface area contributed by atoms with Gasteiger partial charge < -0.3 is 34.5 Å². The van der Waals surface area contributed by atoms with Gasteiger partial charge in [0.25, 0.3) is 5.91 Å². The van der Waals surface area contributed by atoms with Crippen LogP contribution in [0.5, 0.6) is 17.2 Å². The number of likely N-dealkylation sites (tertiary alicyclic amines) is 1. The Labute approximate surface area is 195 Å². The summed E-state index contributed by atoms with van der Waals surface area (Å²) in [6, 6.07) is 6.56. The van der Waals surface area contributed by atoms with Crippen molar-refractivity contribution < 1.29 is 28.9 Å². The van der Waals surface area contributed by atoms with Gasteiger partial charge in [-0.2, -0.15) is 0 Å². The number of likely N-dealkylation sites (N-methyl/N-ethyl adjacent to an activating group) is 1. The second kappa shape index (κ2) is 8.14. The van der Waals surface area contributed by atoms with E-state index in [1.165, 1.54) is 13.2 Å². The van der Waals surface area contributed by atoms with E-state index in [0.717, 1.165) is 19.5 Å². The topological polar surface area (TPSA) is 109 Å². The molecule has 3 N–H and O–H groups in total. The van der Waals surface area contributed by atoms with Gasteiger partial charge in [-0.1, -0.05) is 0 Å². The van der Waals surface area contributed by atoms with E-state index in [2.05, 4.69) is 15.2 Å². The van der Waals surface area contributed by atoms with Crippen LogP contribution in [0.2, 0.25) is 0 Å². The molecule has 0 radical (unpaired) electrons. The quantitative estimate of drug-likeness (QED) is 0.492. The first-order valence-corrected chi connectivity index (χ1v) is 11.1. The first-order valence-electron chi connectivity index (χ1n) is 11.1. The monoisotopic (exact) mass is 470 g/mol. The molecule has 10 heteroatoms. The Kier molecular flexibility index (Phi) is 5.37. The van der Waals surface area contributed by atoms with Crippen molar-refractivity contribution in [1.82, 2.24) is 19.8 Å². The second-order valence-corrected chi connectivity index (χ2v) is 9.32. The van der Waals surface area contributed by atoms with Crippen molar-refractivity contribution in [2.24, 2.45) is 0 Å². The fourth-order valence-electron chi connectivity index (χ4n) is 4.72. The van der Waals surface area contributed by atoms with Crippen LogP contribution < -0.4 is 10.1 Å². The minimum atomic E-state index is -1.01. The molecule has 2 aliphatic rings. The molecular formula is C24H27FN4O5. The number of phenolic OH excluding ortho intramolecular Hbond substituents is 2. The summed E-state index contributed by atoms with van der Waals surface area (Å²) < 4.78 is 27.5. The summed E-state index contributed by atoms with van der Waals surface area (Å²) in [6.07, 6.45) is 0.896. The largest absolute Gasteiger partial charge is 0.502 e. The van der Waals surface area contributed by atoms with E-state index >= 15 is 4.39 Å². The average molecular weight is 471 g/mol. The van der Waals surface area contributed by atoms with Gasteiger partial charge in [0.05, 0.1) is 42.5 Å². The number of phenols is 2. The van der Waals surface area contributed by atoms with Gasteiger partial charge in [-0.25, -0.2) is 9.37 Å². The van der Waals surface area contributed by atoms with E-state index in [9.17, 15) is 15.0 Å². The second-order valence-electron chi connectivity index (χ2n) is 9.32. The first-order chi connectivity index (χ1) is 16.2. The Morgan fingerprint density at radius 3 is 2.68 bits per heavy atom. The van der Waals surface area contributed by atoms with E-state index in [4.69, 9.17) is 9.47 Å². The third kappa shape index (κ3) is 3.54. The van der Waals surface area contributed by atoms with Gasteiger partial charge in [0.15, 0.2) is 17.3 Å². The van der Waals surface area contributed by atoms with E-state index in [-0.39, 0.29) is 29.1 Å². The lowest BCUT2D eigenvalue weighted by Gasteiger charge is -2.40. The molecule has 34 heavy (non-hydrogen) atoms. The highest BCUT2D eigenvalue weighted by atomic mass is 19.1. The number of aromatic nitrogens is 2. The van der Waals surface area contributed by atoms with Crippen LogP contribution in [0.15, 0.2) is 24.3 Å². The minimum Gasteiger partial charge on any atom is -0.502 e. The van der Waals surface area contributed by atoms with Crippen LogP contribution in [0.3, 0.4) is 0 Å². The molecule has 0 saturated carbocycles. The van der Waals surface area contributed by atoms with Crippen LogP contribution in [-0.4, -0.2) is 77.1 Å². The average Bonchev–Trinajstić information content (AvgIpc) is 3.38. The van der Waals surface area contributed by atoms with Crippen LogP contribution in [0, 0.1) is 5.82 Å². The van der Waals surface area contributed by atoms with Gasteiger partial charge in [0.2, 0.25) is 5.75 Å². The highest BCUT2D eigenvalue weighted by molar-refractivity contribution is 5.98. The highest BCUT2D eigenvalue weighted by Gasteiger charge is 2.39. The third-order valence-corrected chi connectivity index (χ3v) is 6.65. The summed E-state index contributed by atoms with van der Waals surface area (Å²) in [4.78, 5) is 19.8. The maximum absolute atomic E-state index is 15.1. The fourth-order valence-corrected chi connectivity index (χ4v) is 4.72. The molecule has 0 spiro atoms. The maximum atomic E-state index is 15.1. The molecule has 2 aliphatic heterocycles. The summed E-state index contributed by atoms with van der Waals surface area (Å²) in [6.45, 7) is 4.44. The van der Waals surface area contributed by atoms with Crippen LogP contribution in [0.1, 0.15) is 23.7 Å². The van der Waals surface area contributed by atoms with Crippen molar-refractivity contribution in [2.75, 3.05) is 40.5 Å². The lowest BCUT2D eigenvalue weighted by molar-refractivity contribution is -0.0868. The molecule has 9 nitrogen and oxygen atoms in total. The minimum absolute atomic E-state index is 0.0310. The molecule has 1 unspecified atom stereocenters. The van der Waals surface area contributed by atoms with Gasteiger partial charge >= 0.3 is 0 Å². The number of amides is 1. The van der Waals surface area contributed by atoms with Gasteiger partial charge in [-0.05, 0) is 51.2 Å². The van der Waals surface area contributed by atoms with Crippen molar-refractivity contribution >= 4 is 16.9 Å². The zero-order valence-corrected chi connectivity index (χ0v) is 19.3. The van der Waals surface area contributed by atoms with Crippen molar-refractivity contribution in [1.29, 1.82) is 0 Å². The van der Waals surface area contributed by atoms with Crippen LogP contribution in [0.4, 0.5) is 4.39 Å². The molecule has 0 bridgehead atoms. The Balaban J connectivity index is 1.63. The van der Waals surface area contributed by atoms with Crippen molar-refractivity contribution in [3.05, 3.63) is 35.6 Å². The molecule has 180 valence electrons. The molecule has 1 amide bonds. The fraction of sp³-hybridized carbons (Fsp3) is 0.417. The number of rotatable bonds is 5. The molecule has 1 atom stereocenters. The Morgan fingerprint density at radius 2 is 2.06 bits per heavy atom. The molecule has 2 saturated heterocycles. The number of halogens is 1. The molecule has 3 heterocycles. The van der Waals surface area contributed by atoms with E-state index < -0.39 is 22.9 Å². The molecule has 2 fully saturated rings. The SMILES string of the molecule is COc1cc(-c2nc3ccc(C(=O)NC4CCN(C)C4)cc3n2C2(C)COC2)c(F)c(O)c1O. The van der Waals surface area contributed by atoms with Crippen molar-refractivity contribution in [3.63, 3.8) is 0 Å². The van der Waals surface area contributed by atoms with Gasteiger partial charge in [-0.15, -0.1) is 0 Å². The number of aromatic hydroxyl groups is 2. The lowest BCUT2D eigenvalue weighted by atomic mass is 9.98. The number of hydrogen-bond donors (Lipinski definition) is 3. The van der Waals surface area contributed by atoms with Crippen molar-refractivity contribution in [2.45, 2.75) is 24.9 Å². The molecule has 0 aliphatic carbocycles. The zero-order valence-electron chi connectivity index (χ0n) is 19.3. The highest BCUT2D eigenvalue weighted by Crippen LogP contribution is 2.44. The number of fused-ring (bicyclic) bond motifs is 1. The van der Waals surface area contributed by atoms with E-state index in [0.29, 0.717) is 29.8 Å². The number of benzene rings is 2. The number of ether oxygens (including phenoxy) is 2. The maximum Gasteiger partial charge on any atom is 0.251 e. The Morgan fingerprint density at radius 1 is 1.29 bits per heavy atom. The number of carbonyl (C=O) groups is 1. The van der Waals surface area contributed by atoms with Crippen LogP contribution >= 0.6 is 0 Å². The number of nitrogens with one attached hydrogen (secondary N) is 1. The number of nitrogens with zero attached hydrogens (tertiary/aromatic N) is 3. The summed E-state index contributed by atoms with van der Waals surface area (Å²) in [5, 5.41) is 23.2. The summed E-state index contributed by atoms with van der Waals surface area (Å²) in [5.74, 6) is -2.62. The number of hydrogen-bond acceptors (Lipinski definition) is 7. The van der Waals surface area contributed by atoms with E-state index in [1.54, 1.807) is 18.2 Å². The third-order valence-electron chi connectivity index (χ3n) is 6.65. The zero-order chi connectivity index (χ0) is 24.2. The van der Waals surface area contributed by atoms with Gasteiger partial charge in [0.1, 0.15) is 5.82 Å². The standard InChI is InChI=1S/C24H27FN4O5/c1-24(11-34-12-24)29-17-8-13(23(32)26-14-6-7-28(2)10-14)4-5-16(17)27-22(29)15-9-18(33-3)20(30)21(31)19(15)25/h4-5,8-9,14,30-31H,6-7,10-12H2,1-3H3,(H,26,32). The van der Waals surface area contributed by atoms with Gasteiger partial charge in [-0.3, -0.25) is 4.79 Å². The smallest absolute Gasteiger partial charge is 0.251 e. The summed E-state index contributed by atoms with van der Waals surface area (Å²) in [7, 11) is 3.34. The molecule has 3 aromatic rings. The van der Waals surface area contributed by atoms with Crippen molar-refractivity contribution in [3.8, 4) is 28.6 Å². The lowest BCUT2D eigenvalue weighted by Crippen LogP contribution is -2.49. The van der Waals surface area contributed by atoms with E-state index in [1.807, 2.05) is 18.5 Å². The summed E-state index contributed by atoms with van der Waals surface area (Å²) >= 11 is 0. The number of methoxy groups -OCH3 is 1. The molecule has 5 rings (SSSR count). The first kappa shape index (κ1) is 22.4. The molecule has 1 aromatic heterocycles. The predicted molar refractivity (Wildman–Crippen MR) is 123 cm³/mol. The normalized spacial score (nSPS) is 19.8. The van der Waals surface area contributed by atoms with Gasteiger partial charge in [0, 0.05) is 18.2 Å². The molecule has 2 aromatic carbocycles. The predicted octanol–water partition coefficient (Wildman–Crippen LogP) is 2.44. The number of imidazole rings is 1. The Hall–Kier alpha value is -3.37. The summed E-state index contributed by atoms with van der Waals surface area (Å²) in [5.41, 5.74) is 1.11. The van der Waals surface area contributed by atoms with Crippen LogP contribution in [-0.2, 0) is 10.3 Å². The Bertz CT molecular complexity index is 1290. The molecular weight excluding hydrogens is 443 g/mol.